The van der Waals surface area contributed by atoms with Crippen molar-refractivity contribution in [2.75, 3.05) is 6.54 Å². The van der Waals surface area contributed by atoms with E-state index in [1.165, 1.54) is 12.8 Å². The molecule has 0 spiro atoms. The van der Waals surface area contributed by atoms with E-state index >= 15 is 0 Å². The summed E-state index contributed by atoms with van der Waals surface area (Å²) in [5.41, 5.74) is -0.0699. The maximum Gasteiger partial charge on any atom is 0.307 e. The molecule has 0 bridgehead atoms. The second-order valence-electron chi connectivity index (χ2n) is 6.58. The molecule has 0 aromatic heterocycles. The van der Waals surface area contributed by atoms with Crippen LogP contribution in [0.3, 0.4) is 0 Å². The van der Waals surface area contributed by atoms with E-state index in [0.717, 1.165) is 19.4 Å². The number of hydrogen-bond donors (Lipinski definition) is 2. The Hall–Kier alpha value is -1.06. The Morgan fingerprint density at radius 3 is 2.28 bits per heavy atom. The number of rotatable bonds is 6. The topological polar surface area (TPSA) is 66.4 Å². The van der Waals surface area contributed by atoms with Crippen molar-refractivity contribution in [2.24, 2.45) is 22.7 Å². The monoisotopic (exact) mass is 253 g/mol. The molecule has 0 radical (unpaired) electrons. The summed E-state index contributed by atoms with van der Waals surface area (Å²) in [7, 11) is 0. The predicted octanol–water partition coefficient (Wildman–Crippen LogP) is 2.04. The molecule has 0 aliphatic heterocycles. The Bertz CT molecular complexity index is 371. The molecule has 1 amide bonds. The summed E-state index contributed by atoms with van der Waals surface area (Å²) in [6.45, 7) is 6.59. The second kappa shape index (κ2) is 4.25. The van der Waals surface area contributed by atoms with Gasteiger partial charge in [-0.3, -0.25) is 9.59 Å². The second-order valence-corrected chi connectivity index (χ2v) is 6.58. The summed E-state index contributed by atoms with van der Waals surface area (Å²) in [5, 5.41) is 12.0. The minimum Gasteiger partial charge on any atom is -0.481 e. The number of carbonyl (C=O) groups is 2. The van der Waals surface area contributed by atoms with E-state index in [9.17, 15) is 9.59 Å². The fraction of sp³-hybridized carbons (Fsp3) is 0.857. The number of hydrogen-bond acceptors (Lipinski definition) is 2. The molecular weight excluding hydrogens is 230 g/mol. The first-order chi connectivity index (χ1) is 8.34. The molecule has 2 N–H and O–H groups in total. The third-order valence-corrected chi connectivity index (χ3v) is 4.75. The number of nitrogens with one attached hydrogen (secondary N) is 1. The highest BCUT2D eigenvalue weighted by Gasteiger charge is 2.66. The van der Waals surface area contributed by atoms with E-state index in [0.29, 0.717) is 5.41 Å². The van der Waals surface area contributed by atoms with Gasteiger partial charge in [-0.1, -0.05) is 27.2 Å². The van der Waals surface area contributed by atoms with Gasteiger partial charge in [-0.15, -0.1) is 0 Å². The molecule has 18 heavy (non-hydrogen) atoms. The molecule has 0 aromatic carbocycles. The Kier molecular flexibility index (Phi) is 3.16. The number of aliphatic carboxylic acids is 1. The van der Waals surface area contributed by atoms with Gasteiger partial charge >= 0.3 is 5.97 Å². The average molecular weight is 253 g/mol. The molecular formula is C14H23NO3. The largest absolute Gasteiger partial charge is 0.481 e. The van der Waals surface area contributed by atoms with E-state index in [1.807, 2.05) is 13.8 Å². The molecule has 2 aliphatic rings. The fourth-order valence-corrected chi connectivity index (χ4v) is 3.19. The Morgan fingerprint density at radius 2 is 1.89 bits per heavy atom. The molecule has 2 aliphatic carbocycles. The maximum absolute atomic E-state index is 12.0. The number of carboxylic acids is 1. The first-order valence-electron chi connectivity index (χ1n) is 6.84. The average Bonchev–Trinajstić information content (AvgIpc) is 3.13. The van der Waals surface area contributed by atoms with Gasteiger partial charge in [0.2, 0.25) is 5.91 Å². The Morgan fingerprint density at radius 1 is 1.28 bits per heavy atom. The Balaban J connectivity index is 1.85. The van der Waals surface area contributed by atoms with Crippen molar-refractivity contribution >= 4 is 11.9 Å². The van der Waals surface area contributed by atoms with Gasteiger partial charge in [0.15, 0.2) is 0 Å². The molecule has 2 rings (SSSR count). The lowest BCUT2D eigenvalue weighted by atomic mass is 10.0. The summed E-state index contributed by atoms with van der Waals surface area (Å²) in [4.78, 5) is 23.1. The van der Waals surface area contributed by atoms with E-state index < -0.39 is 17.3 Å². The van der Waals surface area contributed by atoms with Gasteiger partial charge in [-0.2, -0.15) is 0 Å². The number of carbonyl (C=O) groups excluding carboxylic acids is 1. The number of amides is 1. The van der Waals surface area contributed by atoms with Gasteiger partial charge in [0.25, 0.3) is 0 Å². The van der Waals surface area contributed by atoms with Crippen LogP contribution in [0.4, 0.5) is 0 Å². The van der Waals surface area contributed by atoms with Crippen LogP contribution in [0.5, 0.6) is 0 Å². The molecule has 2 unspecified atom stereocenters. The van der Waals surface area contributed by atoms with E-state index in [2.05, 4.69) is 12.2 Å². The van der Waals surface area contributed by atoms with Crippen molar-refractivity contribution in [3.8, 4) is 0 Å². The zero-order valence-electron chi connectivity index (χ0n) is 11.5. The van der Waals surface area contributed by atoms with Gasteiger partial charge in [0.05, 0.1) is 11.8 Å². The maximum atomic E-state index is 12.0. The summed E-state index contributed by atoms with van der Waals surface area (Å²) in [6.07, 6.45) is 4.68. The van der Waals surface area contributed by atoms with Crippen LogP contribution in [0.25, 0.3) is 0 Å². The van der Waals surface area contributed by atoms with Crippen LogP contribution in [0, 0.1) is 22.7 Å². The van der Waals surface area contributed by atoms with Crippen molar-refractivity contribution in [1.29, 1.82) is 0 Å². The lowest BCUT2D eigenvalue weighted by Crippen LogP contribution is -2.32. The van der Waals surface area contributed by atoms with Crippen LogP contribution in [0.15, 0.2) is 0 Å². The van der Waals surface area contributed by atoms with Gasteiger partial charge in [-0.05, 0) is 30.1 Å². The van der Waals surface area contributed by atoms with Gasteiger partial charge in [0, 0.05) is 6.54 Å². The summed E-state index contributed by atoms with van der Waals surface area (Å²) in [5.74, 6) is -1.80. The molecule has 4 heteroatoms. The fourth-order valence-electron chi connectivity index (χ4n) is 3.19. The summed E-state index contributed by atoms with van der Waals surface area (Å²) < 4.78 is 0. The molecule has 2 fully saturated rings. The molecule has 2 saturated carbocycles. The molecule has 102 valence electrons. The Labute approximate surface area is 108 Å². The van der Waals surface area contributed by atoms with Crippen LogP contribution < -0.4 is 5.32 Å². The lowest BCUT2D eigenvalue weighted by molar-refractivity contribution is -0.140. The van der Waals surface area contributed by atoms with Gasteiger partial charge < -0.3 is 10.4 Å². The molecule has 4 nitrogen and oxygen atoms in total. The van der Waals surface area contributed by atoms with E-state index in [4.69, 9.17) is 5.11 Å². The van der Waals surface area contributed by atoms with Crippen molar-refractivity contribution in [2.45, 2.75) is 46.5 Å². The zero-order chi connectivity index (χ0) is 13.6. The SMILES string of the molecule is CCCC1(CNC(=O)C2C(C(=O)O)C2(C)C)CC1. The van der Waals surface area contributed by atoms with Gasteiger partial charge in [0.1, 0.15) is 0 Å². The summed E-state index contributed by atoms with van der Waals surface area (Å²) in [6, 6.07) is 0. The van der Waals surface area contributed by atoms with E-state index in [-0.39, 0.29) is 11.8 Å². The van der Waals surface area contributed by atoms with Crippen molar-refractivity contribution in [3.63, 3.8) is 0 Å². The van der Waals surface area contributed by atoms with Crippen LogP contribution in [0.2, 0.25) is 0 Å². The lowest BCUT2D eigenvalue weighted by Gasteiger charge is -2.15. The van der Waals surface area contributed by atoms with Crippen LogP contribution in [-0.4, -0.2) is 23.5 Å². The number of carboxylic acid groups (broad SMARTS) is 1. The first kappa shape index (κ1) is 13.4. The molecule has 0 heterocycles. The molecule has 0 saturated heterocycles. The minimum absolute atomic E-state index is 0.0743. The quantitative estimate of drug-likeness (QED) is 0.761. The van der Waals surface area contributed by atoms with Crippen molar-refractivity contribution in [1.82, 2.24) is 5.32 Å². The highest BCUT2D eigenvalue weighted by atomic mass is 16.4. The van der Waals surface area contributed by atoms with Crippen LogP contribution >= 0.6 is 0 Å². The zero-order valence-corrected chi connectivity index (χ0v) is 11.5. The predicted molar refractivity (Wildman–Crippen MR) is 68.0 cm³/mol. The third kappa shape index (κ3) is 2.25. The minimum atomic E-state index is -0.852. The normalized spacial score (nSPS) is 30.6. The smallest absolute Gasteiger partial charge is 0.307 e. The first-order valence-corrected chi connectivity index (χ1v) is 6.84. The van der Waals surface area contributed by atoms with Crippen LogP contribution in [-0.2, 0) is 9.59 Å². The highest BCUT2D eigenvalue weighted by Crippen LogP contribution is 2.58. The standard InChI is InChI=1S/C14H23NO3/c1-4-5-14(6-7-14)8-15-11(16)9-10(12(17)18)13(9,2)3/h9-10H,4-8H2,1-3H3,(H,15,16)(H,17,18). The molecule has 0 aromatic rings. The van der Waals surface area contributed by atoms with Crippen molar-refractivity contribution < 1.29 is 14.7 Å². The summed E-state index contributed by atoms with van der Waals surface area (Å²) >= 11 is 0. The van der Waals surface area contributed by atoms with Crippen molar-refractivity contribution in [3.05, 3.63) is 0 Å². The van der Waals surface area contributed by atoms with E-state index in [1.54, 1.807) is 0 Å². The third-order valence-electron chi connectivity index (χ3n) is 4.75. The highest BCUT2D eigenvalue weighted by molar-refractivity contribution is 5.91. The molecule has 2 atom stereocenters. The van der Waals surface area contributed by atoms with Gasteiger partial charge in [-0.25, -0.2) is 0 Å². The van der Waals surface area contributed by atoms with Crippen LogP contribution in [0.1, 0.15) is 46.5 Å².